The van der Waals surface area contributed by atoms with Gasteiger partial charge in [0.15, 0.2) is 5.78 Å². The van der Waals surface area contributed by atoms with Crippen molar-refractivity contribution in [1.82, 2.24) is 14.9 Å². The van der Waals surface area contributed by atoms with E-state index in [4.69, 9.17) is 16.3 Å². The average molecular weight is 947 g/mol. The Morgan fingerprint density at radius 3 is 2.46 bits per heavy atom. The maximum Gasteiger partial charge on any atom is 0.264 e. The van der Waals surface area contributed by atoms with Gasteiger partial charge in [-0.3, -0.25) is 14.5 Å². The molecule has 3 heterocycles. The fourth-order valence-electron chi connectivity index (χ4n) is 8.23. The number of benzene rings is 2. The second kappa shape index (κ2) is 20.1. The van der Waals surface area contributed by atoms with Gasteiger partial charge in [-0.05, 0) is 110 Å². The van der Waals surface area contributed by atoms with Crippen LogP contribution < -0.4 is 19.7 Å². The van der Waals surface area contributed by atoms with Gasteiger partial charge in [0.2, 0.25) is 10.0 Å². The number of aryl methyl sites for hydroxylation is 1. The van der Waals surface area contributed by atoms with Gasteiger partial charge in [-0.25, -0.2) is 21.6 Å². The number of hydrogen-bond acceptors (Lipinski definition) is 10. The van der Waals surface area contributed by atoms with Gasteiger partial charge in [-0.15, -0.1) is 0 Å². The van der Waals surface area contributed by atoms with E-state index in [0.29, 0.717) is 38.4 Å². The Labute approximate surface area is 353 Å². The first-order chi connectivity index (χ1) is 26.1. The van der Waals surface area contributed by atoms with E-state index in [1.807, 2.05) is 17.9 Å². The number of amides is 1. The molecule has 0 aromatic heterocycles. The number of nitrogens with one attached hydrogen (secondary N) is 2. The third-order valence-corrected chi connectivity index (χ3v) is 14.9. The van der Waals surface area contributed by atoms with E-state index in [-0.39, 0.29) is 47.7 Å². The van der Waals surface area contributed by atoms with Crippen LogP contribution >= 0.6 is 34.2 Å². The molecule has 2 aliphatic carbocycles. The summed E-state index contributed by atoms with van der Waals surface area (Å²) in [6.45, 7) is 9.79. The number of sulfone groups is 1. The van der Waals surface area contributed by atoms with Gasteiger partial charge in [-0.2, -0.15) is 0 Å². The molecule has 11 nitrogen and oxygen atoms in total. The third-order valence-electron chi connectivity index (χ3n) is 11.8. The van der Waals surface area contributed by atoms with E-state index < -0.39 is 31.0 Å². The van der Waals surface area contributed by atoms with E-state index in [0.717, 1.165) is 69.0 Å². The molecule has 2 fully saturated rings. The molecule has 15 heteroatoms. The van der Waals surface area contributed by atoms with E-state index >= 15 is 0 Å². The second-order valence-corrected chi connectivity index (χ2v) is 20.4. The van der Waals surface area contributed by atoms with Gasteiger partial charge in [0, 0.05) is 74.0 Å². The zero-order chi connectivity index (χ0) is 40.0. The number of halogens is 2. The molecule has 2 bridgehead atoms. The van der Waals surface area contributed by atoms with Crippen molar-refractivity contribution in [3.8, 4) is 5.75 Å². The first-order valence-electron chi connectivity index (χ1n) is 19.2. The topological polar surface area (TPSA) is 142 Å². The number of nitrogens with zero attached hydrogens (tertiary/aromatic N) is 2. The van der Waals surface area contributed by atoms with Crippen molar-refractivity contribution in [2.75, 3.05) is 74.3 Å². The SMILES string of the molecule is C.CI.CS(=O)(=O)CCN1CCNCC1.C[C@@H]1[C@@H](C)C/C=C/C(=O)[C@@H]2CC[C@H]2CN2CC3(CCCc4cc(Cl)ccc43)COc3ccc(cc32)C(=O)NS1(=O)=O. The van der Waals surface area contributed by atoms with Gasteiger partial charge in [0.25, 0.3) is 5.91 Å². The van der Waals surface area contributed by atoms with Crippen LogP contribution in [-0.4, -0.2) is 108 Å². The number of piperazine rings is 1. The molecule has 5 aliphatic rings. The van der Waals surface area contributed by atoms with Crippen LogP contribution in [0.1, 0.15) is 74.9 Å². The summed E-state index contributed by atoms with van der Waals surface area (Å²) < 4.78 is 56.7. The van der Waals surface area contributed by atoms with Gasteiger partial charge in [0.1, 0.15) is 15.6 Å². The summed E-state index contributed by atoms with van der Waals surface area (Å²) in [6, 6.07) is 11.3. The highest BCUT2D eigenvalue weighted by Crippen LogP contribution is 2.46. The monoisotopic (exact) mass is 946 g/mol. The number of ketones is 1. The summed E-state index contributed by atoms with van der Waals surface area (Å²) in [5.74, 6) is 0.253. The number of sulfonamides is 1. The summed E-state index contributed by atoms with van der Waals surface area (Å²) in [4.78, 5) is 32.9. The lowest BCUT2D eigenvalue weighted by atomic mass is 9.68. The summed E-state index contributed by atoms with van der Waals surface area (Å²) >= 11 is 8.52. The number of alkyl halides is 1. The minimum absolute atomic E-state index is 0. The van der Waals surface area contributed by atoms with E-state index in [1.54, 1.807) is 37.3 Å². The number of anilines is 1. The van der Waals surface area contributed by atoms with Crippen LogP contribution in [0, 0.1) is 17.8 Å². The van der Waals surface area contributed by atoms with Gasteiger partial charge in [0.05, 0.1) is 23.3 Å². The molecule has 1 spiro atoms. The highest BCUT2D eigenvalue weighted by molar-refractivity contribution is 14.1. The Bertz CT molecular complexity index is 1940. The molecule has 1 amide bonds. The van der Waals surface area contributed by atoms with E-state index in [9.17, 15) is 26.4 Å². The van der Waals surface area contributed by atoms with Gasteiger partial charge < -0.3 is 15.0 Å². The van der Waals surface area contributed by atoms with Crippen molar-refractivity contribution in [2.24, 2.45) is 17.8 Å². The molecule has 3 aliphatic heterocycles. The lowest BCUT2D eigenvalue weighted by molar-refractivity contribution is -0.122. The van der Waals surface area contributed by atoms with Crippen LogP contribution in [-0.2, 0) is 36.5 Å². The molecule has 0 radical (unpaired) electrons. The van der Waals surface area contributed by atoms with Crippen molar-refractivity contribution in [3.63, 3.8) is 0 Å². The minimum atomic E-state index is -3.93. The normalized spacial score (nSPS) is 28.1. The van der Waals surface area contributed by atoms with Crippen molar-refractivity contribution in [3.05, 3.63) is 70.3 Å². The molecule has 7 rings (SSSR count). The molecule has 2 aromatic rings. The molecule has 5 atom stereocenters. The van der Waals surface area contributed by atoms with Crippen molar-refractivity contribution in [1.29, 1.82) is 0 Å². The smallest absolute Gasteiger partial charge is 0.264 e. The van der Waals surface area contributed by atoms with Crippen LogP contribution in [0.25, 0.3) is 0 Å². The van der Waals surface area contributed by atoms with Crippen LogP contribution in [0.5, 0.6) is 5.75 Å². The second-order valence-electron chi connectivity index (χ2n) is 15.7. The first kappa shape index (κ1) is 46.4. The predicted octanol–water partition coefficient (Wildman–Crippen LogP) is 6.08. The molecule has 56 heavy (non-hydrogen) atoms. The quantitative estimate of drug-likeness (QED) is 0.275. The molecule has 2 N–H and O–H groups in total. The Morgan fingerprint density at radius 1 is 1.05 bits per heavy atom. The largest absolute Gasteiger partial charge is 0.490 e. The number of allylic oxidation sites excluding steroid dienone is 2. The Balaban J connectivity index is 0.000000396. The van der Waals surface area contributed by atoms with Crippen LogP contribution in [0.3, 0.4) is 0 Å². The fourth-order valence-corrected chi connectivity index (χ4v) is 10.3. The van der Waals surface area contributed by atoms with Crippen molar-refractivity contribution in [2.45, 2.75) is 70.5 Å². The van der Waals surface area contributed by atoms with Crippen molar-refractivity contribution >= 4 is 71.4 Å². The zero-order valence-corrected chi connectivity index (χ0v) is 36.9. The predicted molar refractivity (Wildman–Crippen MR) is 236 cm³/mol. The van der Waals surface area contributed by atoms with Crippen LogP contribution in [0.4, 0.5) is 5.69 Å². The Kier molecular flexibility index (Phi) is 16.7. The summed E-state index contributed by atoms with van der Waals surface area (Å²) in [5, 5.41) is 3.14. The molecule has 2 aromatic carbocycles. The summed E-state index contributed by atoms with van der Waals surface area (Å²) in [7, 11) is -6.72. The highest BCUT2D eigenvalue weighted by atomic mass is 127. The maximum atomic E-state index is 13.3. The van der Waals surface area contributed by atoms with Crippen LogP contribution in [0.15, 0.2) is 48.6 Å². The number of carbonyl (C=O) groups is 2. The molecule has 1 saturated carbocycles. The molecular formula is C41H60ClIN4O7S2. The minimum Gasteiger partial charge on any atom is -0.490 e. The highest BCUT2D eigenvalue weighted by Gasteiger charge is 2.44. The van der Waals surface area contributed by atoms with Crippen LogP contribution in [0.2, 0.25) is 5.02 Å². The lowest BCUT2D eigenvalue weighted by Gasteiger charge is -2.44. The fraction of sp³-hybridized carbons (Fsp3) is 0.610. The number of fused-ring (bicyclic) bond motifs is 4. The third kappa shape index (κ3) is 11.5. The number of hydrogen-bond donors (Lipinski definition) is 2. The summed E-state index contributed by atoms with van der Waals surface area (Å²) in [6.07, 6.45) is 9.89. The Morgan fingerprint density at radius 2 is 1.79 bits per heavy atom. The Hall–Kier alpha value is -2.24. The maximum absolute atomic E-state index is 13.3. The molecule has 1 unspecified atom stereocenters. The summed E-state index contributed by atoms with van der Waals surface area (Å²) in [5.41, 5.74) is 3.22. The average Bonchev–Trinajstić information content (AvgIpc) is 3.29. The number of carbonyl (C=O) groups excluding carboxylic acids is 2. The van der Waals surface area contributed by atoms with Gasteiger partial charge >= 0.3 is 0 Å². The van der Waals surface area contributed by atoms with E-state index in [1.165, 1.54) is 17.4 Å². The van der Waals surface area contributed by atoms with Crippen molar-refractivity contribution < 1.29 is 31.2 Å². The molecule has 1 saturated heterocycles. The zero-order valence-electron chi connectivity index (χ0n) is 32.4. The first-order valence-corrected chi connectivity index (χ1v) is 25.3. The molecular weight excluding hydrogens is 887 g/mol. The van der Waals surface area contributed by atoms with Gasteiger partial charge in [-0.1, -0.05) is 60.7 Å². The lowest BCUT2D eigenvalue weighted by Crippen LogP contribution is -2.49. The number of ether oxygens (including phenoxy) is 1. The van der Waals surface area contributed by atoms with E-state index in [2.05, 4.69) is 54.6 Å². The molecule has 312 valence electrons. The standard InChI is InChI=1S/C32H37ClN2O5S.C7H16N2O2S.CH3I.CH4/c1-20-5-3-7-29(36)26-11-8-24(26)17-35-18-32(14-4-6-22-15-25(33)10-12-27(22)32)19-40-30-13-9-23(16-28(30)35)31(37)34-41(38,39)21(20)2;1-12(10,11)7-6-9-4-2-8-3-5-9;1-2;/h3,7,9-10,12-13,15-16,20-21,24,26H,4-6,8,11,14,17-19H2,1-2H3,(H,34,37);8H,2-7H2,1H3;1H3;1H4/b7-3+;;;/t20-,21+,24-,26+,32?;;;/m0.../s1. The number of rotatable bonds is 3.